The molecule has 0 saturated carbocycles. The van der Waals surface area contributed by atoms with E-state index in [1.165, 1.54) is 36.1 Å². The summed E-state index contributed by atoms with van der Waals surface area (Å²) in [5, 5.41) is 6.15. The smallest absolute Gasteiger partial charge is 0.306 e. The van der Waals surface area contributed by atoms with E-state index in [9.17, 15) is 13.6 Å². The van der Waals surface area contributed by atoms with E-state index < -0.39 is 24.1 Å². The maximum absolute atomic E-state index is 14.1. The van der Waals surface area contributed by atoms with Gasteiger partial charge in [0.2, 0.25) is 11.8 Å². The molecule has 9 heteroatoms. The second kappa shape index (κ2) is 5.82. The lowest BCUT2D eigenvalue weighted by atomic mass is 10.2. The minimum absolute atomic E-state index is 0.0362. The largest absolute Gasteiger partial charge is 0.481 e. The van der Waals surface area contributed by atoms with Crippen LogP contribution in [0.1, 0.15) is 16.2 Å². The zero-order valence-corrected chi connectivity index (χ0v) is 12.3. The molecule has 1 N–H and O–H groups in total. The number of carbonyl (C=O) groups excluding carboxylic acids is 1. The van der Waals surface area contributed by atoms with Crippen molar-refractivity contribution in [3.8, 4) is 11.8 Å². The van der Waals surface area contributed by atoms with E-state index >= 15 is 0 Å². The number of hydrogen-bond acceptors (Lipinski definition) is 5. The molecular formula is C14H14F2N4O3. The monoisotopic (exact) mass is 324 g/mol. The molecule has 7 nitrogen and oxygen atoms in total. The fraction of sp³-hybridized carbons (Fsp3) is 0.357. The molecule has 3 rings (SSSR count). The zero-order chi connectivity index (χ0) is 16.4. The maximum atomic E-state index is 14.1. The van der Waals surface area contributed by atoms with Gasteiger partial charge in [-0.3, -0.25) is 4.79 Å². The van der Waals surface area contributed by atoms with Crippen LogP contribution in [-0.4, -0.2) is 40.9 Å². The molecule has 2 aromatic heterocycles. The number of aromatic nitrogens is 3. The molecule has 1 aliphatic rings. The first-order chi connectivity index (χ1) is 11.0. The molecule has 0 radical (unpaired) electrons. The third-order valence-corrected chi connectivity index (χ3v) is 3.31. The Kier molecular flexibility index (Phi) is 3.85. The number of pyridine rings is 1. The summed E-state index contributed by atoms with van der Waals surface area (Å²) in [5.41, 5.74) is -0.443. The normalized spacial score (nSPS) is 13.3. The van der Waals surface area contributed by atoms with Gasteiger partial charge in [-0.05, 0) is 6.07 Å². The van der Waals surface area contributed by atoms with Crippen molar-refractivity contribution >= 4 is 5.91 Å². The molecule has 122 valence electrons. The van der Waals surface area contributed by atoms with Crippen molar-refractivity contribution in [1.82, 2.24) is 20.1 Å². The maximum Gasteiger partial charge on any atom is 0.306 e. The van der Waals surface area contributed by atoms with Crippen LogP contribution in [0.5, 0.6) is 11.8 Å². The molecule has 1 amide bonds. The van der Waals surface area contributed by atoms with E-state index in [-0.39, 0.29) is 11.6 Å². The lowest BCUT2D eigenvalue weighted by Crippen LogP contribution is -2.35. The van der Waals surface area contributed by atoms with Gasteiger partial charge >= 0.3 is 5.92 Å². The van der Waals surface area contributed by atoms with Crippen molar-refractivity contribution in [3.05, 3.63) is 35.7 Å². The van der Waals surface area contributed by atoms with E-state index in [0.717, 1.165) is 0 Å². The van der Waals surface area contributed by atoms with Gasteiger partial charge < -0.3 is 14.8 Å². The zero-order valence-electron chi connectivity index (χ0n) is 12.3. The molecule has 0 atom stereocenters. The summed E-state index contributed by atoms with van der Waals surface area (Å²) in [7, 11) is 1.34. The third-order valence-electron chi connectivity index (χ3n) is 3.31. The molecular weight excluding hydrogens is 310 g/mol. The molecule has 23 heavy (non-hydrogen) atoms. The standard InChI is InChI=1S/C14H14F2N4O3/c1-22-11-4-2-3-10(18-11)14(15,16)8-17-13(21)9-7-12-20(19-9)5-6-23-12/h2-4,7H,5-6,8H2,1H3,(H,17,21). The van der Waals surface area contributed by atoms with Crippen LogP contribution in [0.3, 0.4) is 0 Å². The van der Waals surface area contributed by atoms with Crippen LogP contribution < -0.4 is 14.8 Å². The van der Waals surface area contributed by atoms with Crippen molar-refractivity contribution in [3.63, 3.8) is 0 Å². The predicted molar refractivity (Wildman–Crippen MR) is 74.7 cm³/mol. The first kappa shape index (κ1) is 15.2. The summed E-state index contributed by atoms with van der Waals surface area (Å²) in [5.74, 6) is -3.49. The van der Waals surface area contributed by atoms with E-state index in [4.69, 9.17) is 9.47 Å². The number of hydrogen-bond donors (Lipinski definition) is 1. The topological polar surface area (TPSA) is 78.3 Å². The summed E-state index contributed by atoms with van der Waals surface area (Å²) in [6.07, 6.45) is 0. The van der Waals surface area contributed by atoms with Gasteiger partial charge in [0.05, 0.1) is 20.2 Å². The molecule has 3 heterocycles. The van der Waals surface area contributed by atoms with Gasteiger partial charge in [0.25, 0.3) is 5.91 Å². The molecule has 0 bridgehead atoms. The Hall–Kier alpha value is -2.71. The van der Waals surface area contributed by atoms with Gasteiger partial charge in [-0.15, -0.1) is 0 Å². The minimum Gasteiger partial charge on any atom is -0.481 e. The quantitative estimate of drug-likeness (QED) is 0.894. The number of halogens is 2. The van der Waals surface area contributed by atoms with Crippen molar-refractivity contribution in [2.75, 3.05) is 20.3 Å². The second-order valence-electron chi connectivity index (χ2n) is 4.89. The lowest BCUT2D eigenvalue weighted by molar-refractivity contribution is -0.00724. The highest BCUT2D eigenvalue weighted by Gasteiger charge is 2.34. The van der Waals surface area contributed by atoms with Gasteiger partial charge in [0, 0.05) is 12.1 Å². The Morgan fingerprint density at radius 3 is 3.09 bits per heavy atom. The van der Waals surface area contributed by atoms with Gasteiger partial charge in [-0.25, -0.2) is 9.67 Å². The van der Waals surface area contributed by atoms with Crippen molar-refractivity contribution in [1.29, 1.82) is 0 Å². The van der Waals surface area contributed by atoms with E-state index in [1.54, 1.807) is 0 Å². The number of carbonyl (C=O) groups is 1. The first-order valence-electron chi connectivity index (χ1n) is 6.88. The Bertz CT molecular complexity index is 711. The third kappa shape index (κ3) is 3.08. The summed E-state index contributed by atoms with van der Waals surface area (Å²) in [6.45, 7) is 0.130. The Morgan fingerprint density at radius 1 is 1.52 bits per heavy atom. The highest BCUT2D eigenvalue weighted by Crippen LogP contribution is 2.27. The Balaban J connectivity index is 1.66. The van der Waals surface area contributed by atoms with Gasteiger partial charge in [0.1, 0.15) is 12.3 Å². The number of nitrogens with zero attached hydrogens (tertiary/aromatic N) is 3. The number of rotatable bonds is 5. The van der Waals surface area contributed by atoms with Crippen LogP contribution in [0.25, 0.3) is 0 Å². The molecule has 0 spiro atoms. The number of methoxy groups -OCH3 is 1. The number of ether oxygens (including phenoxy) is 2. The lowest BCUT2D eigenvalue weighted by Gasteiger charge is -2.16. The average Bonchev–Trinajstić information content (AvgIpc) is 3.14. The summed E-state index contributed by atoms with van der Waals surface area (Å²) >= 11 is 0. The van der Waals surface area contributed by atoms with Gasteiger partial charge in [-0.1, -0.05) is 6.07 Å². The molecule has 0 aliphatic carbocycles. The Morgan fingerprint density at radius 2 is 2.35 bits per heavy atom. The van der Waals surface area contributed by atoms with E-state index in [1.807, 2.05) is 0 Å². The minimum atomic E-state index is -3.33. The molecule has 0 saturated heterocycles. The van der Waals surface area contributed by atoms with Crippen LogP contribution in [0.4, 0.5) is 8.78 Å². The summed E-state index contributed by atoms with van der Waals surface area (Å²) in [4.78, 5) is 15.6. The van der Waals surface area contributed by atoms with Gasteiger partial charge in [-0.2, -0.15) is 13.9 Å². The fourth-order valence-electron chi connectivity index (χ4n) is 2.13. The SMILES string of the molecule is COc1cccc(C(F)(F)CNC(=O)c2cc3n(n2)CCO3)n1. The predicted octanol–water partition coefficient (Wildman–Crippen LogP) is 1.20. The fourth-order valence-corrected chi connectivity index (χ4v) is 2.13. The molecule has 2 aromatic rings. The van der Waals surface area contributed by atoms with Crippen molar-refractivity contribution in [2.45, 2.75) is 12.5 Å². The number of amides is 1. The van der Waals surface area contributed by atoms with Crippen LogP contribution in [0.15, 0.2) is 24.3 Å². The van der Waals surface area contributed by atoms with Crippen LogP contribution in [0.2, 0.25) is 0 Å². The van der Waals surface area contributed by atoms with E-state index in [2.05, 4.69) is 15.4 Å². The second-order valence-corrected chi connectivity index (χ2v) is 4.89. The highest BCUT2D eigenvalue weighted by molar-refractivity contribution is 5.92. The number of alkyl halides is 2. The van der Waals surface area contributed by atoms with Crippen LogP contribution >= 0.6 is 0 Å². The van der Waals surface area contributed by atoms with Crippen LogP contribution in [-0.2, 0) is 12.5 Å². The summed E-state index contributed by atoms with van der Waals surface area (Å²) in [6, 6.07) is 5.47. The molecule has 0 fully saturated rings. The number of nitrogens with one attached hydrogen (secondary N) is 1. The van der Waals surface area contributed by atoms with Gasteiger partial charge in [0.15, 0.2) is 5.69 Å². The number of fused-ring (bicyclic) bond motifs is 1. The Labute approximate surface area is 130 Å². The van der Waals surface area contributed by atoms with Crippen molar-refractivity contribution in [2.24, 2.45) is 0 Å². The van der Waals surface area contributed by atoms with Crippen molar-refractivity contribution < 1.29 is 23.0 Å². The van der Waals surface area contributed by atoms with Crippen LogP contribution in [0, 0.1) is 0 Å². The molecule has 0 unspecified atom stereocenters. The first-order valence-corrected chi connectivity index (χ1v) is 6.88. The summed E-state index contributed by atoms with van der Waals surface area (Å²) < 4.78 is 39.8. The average molecular weight is 324 g/mol. The van der Waals surface area contributed by atoms with E-state index in [0.29, 0.717) is 19.0 Å². The molecule has 1 aliphatic heterocycles. The highest BCUT2D eigenvalue weighted by atomic mass is 19.3. The molecule has 0 aromatic carbocycles.